The SMILES string of the molecule is CC1(C)C=C(n2ccccc2=O)c2cc(C(N)=O)ccc2O1. The summed E-state index contributed by atoms with van der Waals surface area (Å²) in [5.74, 6) is 0.0932. The molecule has 0 fully saturated rings. The Morgan fingerprint density at radius 2 is 2.00 bits per heavy atom. The van der Waals surface area contributed by atoms with Crippen LogP contribution in [0.1, 0.15) is 29.8 Å². The predicted molar refractivity (Wildman–Crippen MR) is 83.7 cm³/mol. The van der Waals surface area contributed by atoms with E-state index < -0.39 is 11.5 Å². The predicted octanol–water partition coefficient (Wildman–Crippen LogP) is 2.01. The van der Waals surface area contributed by atoms with E-state index in [4.69, 9.17) is 10.5 Å². The van der Waals surface area contributed by atoms with Gasteiger partial charge in [-0.3, -0.25) is 14.2 Å². The van der Waals surface area contributed by atoms with E-state index >= 15 is 0 Å². The smallest absolute Gasteiger partial charge is 0.255 e. The molecule has 0 bridgehead atoms. The number of rotatable bonds is 2. The van der Waals surface area contributed by atoms with Gasteiger partial charge in [0, 0.05) is 23.4 Å². The summed E-state index contributed by atoms with van der Waals surface area (Å²) >= 11 is 0. The number of carbonyl (C=O) groups excluding carboxylic acids is 1. The van der Waals surface area contributed by atoms with Gasteiger partial charge >= 0.3 is 0 Å². The van der Waals surface area contributed by atoms with Gasteiger partial charge in [0.05, 0.1) is 5.70 Å². The molecule has 3 rings (SSSR count). The molecule has 2 N–H and O–H groups in total. The maximum atomic E-state index is 12.1. The first-order chi connectivity index (χ1) is 10.4. The van der Waals surface area contributed by atoms with Crippen molar-refractivity contribution >= 4 is 11.6 Å². The van der Waals surface area contributed by atoms with Gasteiger partial charge in [0.1, 0.15) is 11.4 Å². The van der Waals surface area contributed by atoms with Crippen LogP contribution in [0, 0.1) is 0 Å². The minimum Gasteiger partial charge on any atom is -0.483 e. The van der Waals surface area contributed by atoms with Crippen molar-refractivity contribution in [1.82, 2.24) is 4.57 Å². The Balaban J connectivity index is 2.27. The normalized spacial score (nSPS) is 15.5. The second-order valence-electron chi connectivity index (χ2n) is 5.72. The molecule has 0 radical (unpaired) electrons. The van der Waals surface area contributed by atoms with E-state index in [-0.39, 0.29) is 5.56 Å². The molecule has 0 unspecified atom stereocenters. The highest BCUT2D eigenvalue weighted by Crippen LogP contribution is 2.36. The second kappa shape index (κ2) is 4.87. The molecule has 5 heteroatoms. The largest absolute Gasteiger partial charge is 0.483 e. The van der Waals surface area contributed by atoms with Crippen LogP contribution in [0.5, 0.6) is 5.75 Å². The van der Waals surface area contributed by atoms with Gasteiger partial charge in [-0.1, -0.05) is 6.07 Å². The van der Waals surface area contributed by atoms with E-state index in [1.165, 1.54) is 10.6 Å². The van der Waals surface area contributed by atoms with Gasteiger partial charge in [0.2, 0.25) is 5.91 Å². The number of pyridine rings is 1. The number of fused-ring (bicyclic) bond motifs is 1. The number of benzene rings is 1. The fraction of sp³-hybridized carbons (Fsp3) is 0.176. The van der Waals surface area contributed by atoms with Gasteiger partial charge < -0.3 is 10.5 Å². The van der Waals surface area contributed by atoms with Crippen molar-refractivity contribution in [2.24, 2.45) is 5.73 Å². The molecule has 1 aliphatic rings. The molecule has 2 aromatic rings. The summed E-state index contributed by atoms with van der Waals surface area (Å²) < 4.78 is 7.44. The van der Waals surface area contributed by atoms with E-state index in [0.29, 0.717) is 22.6 Å². The third-order valence-electron chi connectivity index (χ3n) is 3.48. The molecule has 0 aliphatic carbocycles. The average molecular weight is 296 g/mol. The highest BCUT2D eigenvalue weighted by atomic mass is 16.5. The molecule has 5 nitrogen and oxygen atoms in total. The Hall–Kier alpha value is -2.82. The highest BCUT2D eigenvalue weighted by Gasteiger charge is 2.28. The summed E-state index contributed by atoms with van der Waals surface area (Å²) in [7, 11) is 0. The van der Waals surface area contributed by atoms with Crippen LogP contribution in [0.3, 0.4) is 0 Å². The number of nitrogens with two attached hydrogens (primary N) is 1. The topological polar surface area (TPSA) is 74.3 Å². The highest BCUT2D eigenvalue weighted by molar-refractivity contribution is 5.94. The maximum absolute atomic E-state index is 12.1. The third-order valence-corrected chi connectivity index (χ3v) is 3.48. The number of amides is 1. The molecule has 1 aromatic carbocycles. The first-order valence-electron chi connectivity index (χ1n) is 6.91. The molecule has 2 heterocycles. The summed E-state index contributed by atoms with van der Waals surface area (Å²) in [6.45, 7) is 3.82. The van der Waals surface area contributed by atoms with Crippen molar-refractivity contribution in [2.75, 3.05) is 0 Å². The van der Waals surface area contributed by atoms with E-state index in [9.17, 15) is 9.59 Å². The molecular formula is C17H16N2O3. The Morgan fingerprint density at radius 1 is 1.23 bits per heavy atom. The number of ether oxygens (including phenoxy) is 1. The van der Waals surface area contributed by atoms with Gasteiger partial charge in [-0.25, -0.2) is 0 Å². The molecule has 0 spiro atoms. The van der Waals surface area contributed by atoms with Crippen LogP contribution in [-0.4, -0.2) is 16.1 Å². The summed E-state index contributed by atoms with van der Waals surface area (Å²) in [6.07, 6.45) is 3.55. The summed E-state index contributed by atoms with van der Waals surface area (Å²) in [5.41, 5.74) is 6.35. The lowest BCUT2D eigenvalue weighted by Crippen LogP contribution is -2.32. The van der Waals surface area contributed by atoms with Crippen LogP contribution in [-0.2, 0) is 0 Å². The molecule has 1 aliphatic heterocycles. The molecule has 22 heavy (non-hydrogen) atoms. The third kappa shape index (κ3) is 2.41. The molecule has 0 atom stereocenters. The fourth-order valence-corrected chi connectivity index (χ4v) is 2.52. The van der Waals surface area contributed by atoms with Crippen LogP contribution in [0.4, 0.5) is 0 Å². The Bertz CT molecular complexity index is 847. The Morgan fingerprint density at radius 3 is 2.68 bits per heavy atom. The second-order valence-corrected chi connectivity index (χ2v) is 5.72. The molecule has 1 aromatic heterocycles. The standard InChI is InChI=1S/C17H16N2O3/c1-17(2)10-13(19-8-4-3-5-15(19)20)12-9-11(16(18)21)6-7-14(12)22-17/h3-10H,1-2H3,(H2,18,21). The van der Waals surface area contributed by atoms with Crippen LogP contribution in [0.25, 0.3) is 5.70 Å². The summed E-state index contributed by atoms with van der Waals surface area (Å²) in [4.78, 5) is 23.6. The van der Waals surface area contributed by atoms with Crippen molar-refractivity contribution in [2.45, 2.75) is 19.4 Å². The number of hydrogen-bond donors (Lipinski definition) is 1. The van der Waals surface area contributed by atoms with Crippen molar-refractivity contribution < 1.29 is 9.53 Å². The van der Waals surface area contributed by atoms with Crippen molar-refractivity contribution in [3.8, 4) is 5.75 Å². The first-order valence-corrected chi connectivity index (χ1v) is 6.91. The molecular weight excluding hydrogens is 280 g/mol. The van der Waals surface area contributed by atoms with Crippen molar-refractivity contribution in [3.05, 3.63) is 70.2 Å². The Kier molecular flexibility index (Phi) is 3.13. The zero-order valence-electron chi connectivity index (χ0n) is 12.4. The van der Waals surface area contributed by atoms with Crippen molar-refractivity contribution in [1.29, 1.82) is 0 Å². The van der Waals surface area contributed by atoms with Gasteiger partial charge in [0.15, 0.2) is 0 Å². The first kappa shape index (κ1) is 14.1. The van der Waals surface area contributed by atoms with Crippen LogP contribution in [0.15, 0.2) is 53.5 Å². The lowest BCUT2D eigenvalue weighted by atomic mass is 9.97. The van der Waals surface area contributed by atoms with Gasteiger partial charge in [-0.05, 0) is 44.2 Å². The van der Waals surface area contributed by atoms with E-state index in [1.807, 2.05) is 19.9 Å². The van der Waals surface area contributed by atoms with Gasteiger partial charge in [-0.2, -0.15) is 0 Å². The maximum Gasteiger partial charge on any atom is 0.255 e. The average Bonchev–Trinajstić information content (AvgIpc) is 2.45. The van der Waals surface area contributed by atoms with Crippen LogP contribution >= 0.6 is 0 Å². The Labute approximate surface area is 127 Å². The van der Waals surface area contributed by atoms with Gasteiger partial charge in [0.25, 0.3) is 5.56 Å². The zero-order valence-corrected chi connectivity index (χ0v) is 12.4. The molecule has 0 saturated heterocycles. The van der Waals surface area contributed by atoms with E-state index in [0.717, 1.165) is 0 Å². The zero-order chi connectivity index (χ0) is 15.9. The number of carbonyl (C=O) groups is 1. The van der Waals surface area contributed by atoms with E-state index in [1.54, 1.807) is 36.5 Å². The quantitative estimate of drug-likeness (QED) is 0.921. The fourth-order valence-electron chi connectivity index (χ4n) is 2.52. The van der Waals surface area contributed by atoms with E-state index in [2.05, 4.69) is 0 Å². The van der Waals surface area contributed by atoms with Crippen molar-refractivity contribution in [3.63, 3.8) is 0 Å². The molecule has 112 valence electrons. The summed E-state index contributed by atoms with van der Waals surface area (Å²) in [5, 5.41) is 0. The van der Waals surface area contributed by atoms with Crippen LogP contribution < -0.4 is 16.0 Å². The minimum absolute atomic E-state index is 0.151. The number of aromatic nitrogens is 1. The number of primary amides is 1. The van der Waals surface area contributed by atoms with Crippen LogP contribution in [0.2, 0.25) is 0 Å². The monoisotopic (exact) mass is 296 g/mol. The number of hydrogen-bond acceptors (Lipinski definition) is 3. The summed E-state index contributed by atoms with van der Waals surface area (Å²) in [6, 6.07) is 9.93. The number of nitrogens with zero attached hydrogens (tertiary/aromatic N) is 1. The minimum atomic E-state index is -0.564. The lowest BCUT2D eigenvalue weighted by Gasteiger charge is -2.31. The lowest BCUT2D eigenvalue weighted by molar-refractivity contribution is 0.1000. The van der Waals surface area contributed by atoms with Gasteiger partial charge in [-0.15, -0.1) is 0 Å². The molecule has 0 saturated carbocycles. The molecule has 1 amide bonds.